The number of allylic oxidation sites excluding steroid dienone is 8. The Bertz CT molecular complexity index is 1970. The Labute approximate surface area is 236 Å². The third-order valence-corrected chi connectivity index (χ3v) is 8.67. The Balaban J connectivity index is 1.49. The molecule has 0 unspecified atom stereocenters. The number of nitrogens with zero attached hydrogens (tertiary/aromatic N) is 1. The predicted octanol–water partition coefficient (Wildman–Crippen LogP) is 10.5. The molecule has 0 atom stereocenters. The number of aromatic amines is 1. The first kappa shape index (κ1) is 24.5. The molecule has 40 heavy (non-hydrogen) atoms. The molecule has 1 aliphatic heterocycles. The van der Waals surface area contributed by atoms with Gasteiger partial charge < -0.3 is 9.88 Å². The van der Waals surface area contributed by atoms with E-state index in [2.05, 4.69) is 153 Å². The molecule has 7 rings (SSSR count). The number of aromatic nitrogens is 1. The number of rotatable bonds is 3. The van der Waals surface area contributed by atoms with E-state index in [4.69, 9.17) is 0 Å². The monoisotopic (exact) mass is 518 g/mol. The topological polar surface area (TPSA) is 19.0 Å². The van der Waals surface area contributed by atoms with Crippen LogP contribution < -0.4 is 4.90 Å². The summed E-state index contributed by atoms with van der Waals surface area (Å²) in [5, 5.41) is 5.13. The minimum atomic E-state index is -0.119. The largest absolute Gasteiger partial charge is 0.354 e. The molecule has 196 valence electrons. The summed E-state index contributed by atoms with van der Waals surface area (Å²) in [6, 6.07) is 26.9. The number of benzene rings is 4. The van der Waals surface area contributed by atoms with Crippen molar-refractivity contribution in [3.05, 3.63) is 138 Å². The van der Waals surface area contributed by atoms with Crippen molar-refractivity contribution in [3.63, 3.8) is 0 Å². The lowest BCUT2D eigenvalue weighted by molar-refractivity contribution is 0.610. The summed E-state index contributed by atoms with van der Waals surface area (Å²) in [6.07, 6.45) is 16.6. The molecule has 5 aromatic rings. The lowest BCUT2D eigenvalue weighted by Gasteiger charge is -2.44. The van der Waals surface area contributed by atoms with Gasteiger partial charge in [0.05, 0.1) is 11.2 Å². The minimum Gasteiger partial charge on any atom is -0.354 e. The van der Waals surface area contributed by atoms with Gasteiger partial charge in [-0.15, -0.1) is 0 Å². The van der Waals surface area contributed by atoms with E-state index in [1.165, 1.54) is 71.9 Å². The highest BCUT2D eigenvalue weighted by molar-refractivity contribution is 6.22. The standard InChI is InChI=1S/C38H34N2/c1-5-13-27(6-2)40-34-19-9-7-8-18-31(34)38(3,4)32-22-20-26(24-35(32)40)29-16-12-17-30-36-28-15-11-10-14-25(28)21-23-33(36)39-37(29)30/h5-8,10-24,39H,9H2,1-4H3/b13-5-,27-6+. The van der Waals surface area contributed by atoms with Crippen molar-refractivity contribution >= 4 is 38.3 Å². The van der Waals surface area contributed by atoms with Gasteiger partial charge in [-0.05, 0) is 65.9 Å². The molecular weight excluding hydrogens is 484 g/mol. The van der Waals surface area contributed by atoms with Crippen LogP contribution in [0.1, 0.15) is 39.7 Å². The zero-order valence-electron chi connectivity index (χ0n) is 23.6. The van der Waals surface area contributed by atoms with Crippen LogP contribution in [0.3, 0.4) is 0 Å². The van der Waals surface area contributed by atoms with Crippen LogP contribution in [0.4, 0.5) is 5.69 Å². The van der Waals surface area contributed by atoms with Crippen LogP contribution in [0, 0.1) is 0 Å². The first-order valence-electron chi connectivity index (χ1n) is 14.3. The molecule has 0 saturated carbocycles. The molecular formula is C38H34N2. The lowest BCUT2D eigenvalue weighted by atomic mass is 9.71. The van der Waals surface area contributed by atoms with Crippen molar-refractivity contribution in [3.8, 4) is 11.1 Å². The van der Waals surface area contributed by atoms with E-state index >= 15 is 0 Å². The summed E-state index contributed by atoms with van der Waals surface area (Å²) in [5.41, 5.74) is 11.1. The molecule has 2 aliphatic rings. The maximum absolute atomic E-state index is 3.79. The molecule has 0 saturated heterocycles. The molecule has 0 bridgehead atoms. The van der Waals surface area contributed by atoms with Crippen LogP contribution in [0.15, 0.2) is 132 Å². The molecule has 1 aliphatic carbocycles. The van der Waals surface area contributed by atoms with E-state index in [0.717, 1.165) is 6.42 Å². The maximum Gasteiger partial charge on any atom is 0.0544 e. The molecule has 1 aromatic heterocycles. The summed E-state index contributed by atoms with van der Waals surface area (Å²) in [4.78, 5) is 6.25. The second-order valence-corrected chi connectivity index (χ2v) is 11.3. The molecule has 2 nitrogen and oxygen atoms in total. The van der Waals surface area contributed by atoms with Gasteiger partial charge in [-0.1, -0.05) is 111 Å². The van der Waals surface area contributed by atoms with Crippen molar-refractivity contribution in [1.82, 2.24) is 4.98 Å². The molecule has 4 aromatic carbocycles. The van der Waals surface area contributed by atoms with Crippen molar-refractivity contribution in [2.24, 2.45) is 0 Å². The Morgan fingerprint density at radius 2 is 1.77 bits per heavy atom. The zero-order valence-corrected chi connectivity index (χ0v) is 23.6. The highest BCUT2D eigenvalue weighted by Crippen LogP contribution is 2.51. The summed E-state index contributed by atoms with van der Waals surface area (Å²) < 4.78 is 0. The smallest absolute Gasteiger partial charge is 0.0544 e. The van der Waals surface area contributed by atoms with Crippen molar-refractivity contribution in [2.75, 3.05) is 4.90 Å². The Kier molecular flexibility index (Phi) is 5.68. The fraction of sp³-hybridized carbons (Fsp3) is 0.158. The van der Waals surface area contributed by atoms with E-state index in [9.17, 15) is 0 Å². The van der Waals surface area contributed by atoms with Gasteiger partial charge in [0.15, 0.2) is 0 Å². The molecule has 1 N–H and O–H groups in total. The van der Waals surface area contributed by atoms with Gasteiger partial charge in [-0.25, -0.2) is 0 Å². The number of hydrogen-bond acceptors (Lipinski definition) is 1. The molecule has 0 amide bonds. The first-order valence-corrected chi connectivity index (χ1v) is 14.3. The number of nitrogens with one attached hydrogen (secondary N) is 1. The lowest BCUT2D eigenvalue weighted by Crippen LogP contribution is -2.37. The average molecular weight is 519 g/mol. The molecule has 0 radical (unpaired) electrons. The van der Waals surface area contributed by atoms with E-state index < -0.39 is 0 Å². The molecule has 0 spiro atoms. The Morgan fingerprint density at radius 1 is 0.925 bits per heavy atom. The second kappa shape index (κ2) is 9.27. The number of para-hydroxylation sites is 1. The number of hydrogen-bond donors (Lipinski definition) is 1. The van der Waals surface area contributed by atoms with Crippen molar-refractivity contribution < 1.29 is 0 Å². The Morgan fingerprint density at radius 3 is 2.62 bits per heavy atom. The van der Waals surface area contributed by atoms with Crippen LogP contribution in [0.5, 0.6) is 0 Å². The first-order chi connectivity index (χ1) is 19.5. The van der Waals surface area contributed by atoms with E-state index in [1.807, 2.05) is 0 Å². The SMILES string of the molecule is C/C=C\C(=C/C)N1C2=CCC=CC=C2C(C)(C)c2ccc(-c3cccc4c3[nH]c3ccc5ccccc5c34)cc21. The van der Waals surface area contributed by atoms with E-state index in [-0.39, 0.29) is 5.41 Å². The van der Waals surface area contributed by atoms with Gasteiger partial charge >= 0.3 is 0 Å². The van der Waals surface area contributed by atoms with Gasteiger partial charge in [0.25, 0.3) is 0 Å². The average Bonchev–Trinajstić information content (AvgIpc) is 3.18. The third-order valence-electron chi connectivity index (χ3n) is 8.67. The predicted molar refractivity (Wildman–Crippen MR) is 173 cm³/mol. The minimum absolute atomic E-state index is 0.119. The van der Waals surface area contributed by atoms with E-state index in [0.29, 0.717) is 0 Å². The fourth-order valence-electron chi connectivity index (χ4n) is 6.73. The highest BCUT2D eigenvalue weighted by atomic mass is 15.2. The summed E-state index contributed by atoms with van der Waals surface area (Å²) in [6.45, 7) is 8.94. The van der Waals surface area contributed by atoms with Gasteiger partial charge in [-0.2, -0.15) is 0 Å². The quantitative estimate of drug-likeness (QED) is 0.235. The number of fused-ring (bicyclic) bond motifs is 7. The van der Waals surface area contributed by atoms with Crippen LogP contribution in [-0.2, 0) is 5.41 Å². The van der Waals surface area contributed by atoms with Gasteiger partial charge in [0.1, 0.15) is 0 Å². The highest BCUT2D eigenvalue weighted by Gasteiger charge is 2.39. The number of anilines is 1. The van der Waals surface area contributed by atoms with Gasteiger partial charge in [-0.3, -0.25) is 0 Å². The summed E-state index contributed by atoms with van der Waals surface area (Å²) in [5.74, 6) is 0. The van der Waals surface area contributed by atoms with E-state index in [1.54, 1.807) is 0 Å². The Hall–Kier alpha value is -4.56. The van der Waals surface area contributed by atoms with Crippen LogP contribution in [-0.4, -0.2) is 4.98 Å². The zero-order chi connectivity index (χ0) is 27.4. The molecule has 0 fully saturated rings. The molecule has 2 heteroatoms. The maximum atomic E-state index is 3.79. The van der Waals surface area contributed by atoms with Gasteiger partial charge in [0.2, 0.25) is 0 Å². The summed E-state index contributed by atoms with van der Waals surface area (Å²) in [7, 11) is 0. The van der Waals surface area contributed by atoms with Crippen molar-refractivity contribution in [2.45, 2.75) is 39.5 Å². The van der Waals surface area contributed by atoms with Crippen LogP contribution in [0.2, 0.25) is 0 Å². The van der Waals surface area contributed by atoms with Crippen molar-refractivity contribution in [1.29, 1.82) is 0 Å². The number of H-pyrrole nitrogens is 1. The third kappa shape index (κ3) is 3.56. The van der Waals surface area contributed by atoms with Gasteiger partial charge in [0, 0.05) is 38.7 Å². The summed E-state index contributed by atoms with van der Waals surface area (Å²) >= 11 is 0. The normalized spacial score (nSPS) is 16.8. The molecule has 2 heterocycles. The fourth-order valence-corrected chi connectivity index (χ4v) is 6.73. The second-order valence-electron chi connectivity index (χ2n) is 11.3. The van der Waals surface area contributed by atoms with Crippen LogP contribution in [0.25, 0.3) is 43.7 Å². The van der Waals surface area contributed by atoms with Crippen LogP contribution >= 0.6 is 0 Å².